The molecule has 0 saturated heterocycles. The second-order valence-corrected chi connectivity index (χ2v) is 5.20. The average Bonchev–Trinajstić information content (AvgIpc) is 2.62. The molecule has 0 unspecified atom stereocenters. The fourth-order valence-electron chi connectivity index (χ4n) is 1.09. The Morgan fingerprint density at radius 2 is 2.27 bits per heavy atom. The van der Waals surface area contributed by atoms with Crippen LogP contribution in [0.15, 0.2) is 22.5 Å². The van der Waals surface area contributed by atoms with Gasteiger partial charge in [0, 0.05) is 11.4 Å². The molecule has 0 aliphatic rings. The van der Waals surface area contributed by atoms with Gasteiger partial charge >= 0.3 is 0 Å². The summed E-state index contributed by atoms with van der Waals surface area (Å²) >= 11 is 3.01. The van der Waals surface area contributed by atoms with E-state index < -0.39 is 0 Å². The van der Waals surface area contributed by atoms with E-state index in [-0.39, 0.29) is 0 Å². The molecular weight excluding hydrogens is 228 g/mol. The van der Waals surface area contributed by atoms with E-state index in [0.717, 1.165) is 21.5 Å². The number of aryl methyl sites for hydroxylation is 1. The van der Waals surface area contributed by atoms with E-state index in [9.17, 15) is 0 Å². The van der Waals surface area contributed by atoms with Crippen LogP contribution in [0.2, 0.25) is 0 Å². The van der Waals surface area contributed by atoms with Crippen molar-refractivity contribution in [3.63, 3.8) is 0 Å². The van der Waals surface area contributed by atoms with Gasteiger partial charge in [0.1, 0.15) is 0 Å². The van der Waals surface area contributed by atoms with Crippen molar-refractivity contribution in [1.82, 2.24) is 15.2 Å². The zero-order valence-electron chi connectivity index (χ0n) is 8.17. The van der Waals surface area contributed by atoms with E-state index in [1.54, 1.807) is 11.8 Å². The quantitative estimate of drug-likeness (QED) is 0.830. The van der Waals surface area contributed by atoms with Crippen LogP contribution in [0.3, 0.4) is 0 Å². The molecule has 0 atom stereocenters. The zero-order chi connectivity index (χ0) is 10.7. The molecule has 15 heavy (non-hydrogen) atoms. The van der Waals surface area contributed by atoms with Crippen molar-refractivity contribution in [3.05, 3.63) is 29.6 Å². The Morgan fingerprint density at radius 3 is 2.93 bits per heavy atom. The summed E-state index contributed by atoms with van der Waals surface area (Å²) in [5.41, 5.74) is 7.57. The summed E-state index contributed by atoms with van der Waals surface area (Å²) in [6, 6.07) is 5.99. The maximum atomic E-state index is 5.49. The first-order valence-corrected chi connectivity index (χ1v) is 6.18. The Balaban J connectivity index is 1.99. The maximum absolute atomic E-state index is 5.49. The van der Waals surface area contributed by atoms with Crippen LogP contribution < -0.4 is 5.73 Å². The van der Waals surface area contributed by atoms with Crippen LogP contribution in [0.1, 0.15) is 11.4 Å². The maximum Gasteiger partial charge on any atom is 0.203 e. The molecule has 2 aromatic heterocycles. The molecule has 0 fully saturated rings. The van der Waals surface area contributed by atoms with Crippen molar-refractivity contribution in [3.8, 4) is 0 Å². The molecule has 4 nitrogen and oxygen atoms in total. The number of nitrogen functional groups attached to an aromatic ring is 1. The summed E-state index contributed by atoms with van der Waals surface area (Å²) in [5.74, 6) is 0.802. The van der Waals surface area contributed by atoms with E-state index in [0.29, 0.717) is 5.13 Å². The molecule has 0 aromatic carbocycles. The van der Waals surface area contributed by atoms with Gasteiger partial charge in [0.2, 0.25) is 5.13 Å². The summed E-state index contributed by atoms with van der Waals surface area (Å²) in [6.07, 6.45) is 0. The van der Waals surface area contributed by atoms with Gasteiger partial charge in [-0.15, -0.1) is 10.2 Å². The first-order valence-electron chi connectivity index (χ1n) is 4.38. The highest BCUT2D eigenvalue weighted by Gasteiger charge is 2.02. The number of hydrogen-bond acceptors (Lipinski definition) is 6. The molecule has 0 radical (unpaired) electrons. The van der Waals surface area contributed by atoms with Crippen molar-refractivity contribution < 1.29 is 0 Å². The SMILES string of the molecule is Cc1cccc(CSc2nnc(N)s2)n1. The molecule has 2 aromatic rings. The average molecular weight is 238 g/mol. The fraction of sp³-hybridized carbons (Fsp3) is 0.222. The monoisotopic (exact) mass is 238 g/mol. The second-order valence-electron chi connectivity index (χ2n) is 2.97. The molecule has 0 aliphatic carbocycles. The fourth-order valence-corrected chi connectivity index (χ4v) is 2.64. The van der Waals surface area contributed by atoms with E-state index in [1.165, 1.54) is 11.3 Å². The molecule has 0 spiro atoms. The highest BCUT2D eigenvalue weighted by molar-refractivity contribution is 8.00. The normalized spacial score (nSPS) is 10.5. The minimum atomic E-state index is 0.509. The van der Waals surface area contributed by atoms with Crippen molar-refractivity contribution in [2.45, 2.75) is 17.0 Å². The largest absolute Gasteiger partial charge is 0.374 e. The third-order valence-corrected chi connectivity index (χ3v) is 3.63. The van der Waals surface area contributed by atoms with E-state index in [4.69, 9.17) is 5.73 Å². The summed E-state index contributed by atoms with van der Waals surface area (Å²) < 4.78 is 0.885. The highest BCUT2D eigenvalue weighted by Crippen LogP contribution is 2.26. The first kappa shape index (κ1) is 10.4. The smallest absolute Gasteiger partial charge is 0.203 e. The van der Waals surface area contributed by atoms with Gasteiger partial charge in [-0.05, 0) is 19.1 Å². The molecule has 2 heterocycles. The number of pyridine rings is 1. The number of hydrogen-bond donors (Lipinski definition) is 1. The van der Waals surface area contributed by atoms with Gasteiger partial charge in [0.25, 0.3) is 0 Å². The van der Waals surface area contributed by atoms with Crippen molar-refractivity contribution in [2.24, 2.45) is 0 Å². The topological polar surface area (TPSA) is 64.7 Å². The lowest BCUT2D eigenvalue weighted by Crippen LogP contribution is -1.88. The summed E-state index contributed by atoms with van der Waals surface area (Å²) in [7, 11) is 0. The van der Waals surface area contributed by atoms with Crippen LogP contribution in [0.4, 0.5) is 5.13 Å². The molecule has 2 rings (SSSR count). The van der Waals surface area contributed by atoms with Gasteiger partial charge in [-0.2, -0.15) is 0 Å². The second kappa shape index (κ2) is 4.59. The predicted molar refractivity (Wildman–Crippen MR) is 62.9 cm³/mol. The molecule has 0 saturated carbocycles. The molecule has 6 heteroatoms. The van der Waals surface area contributed by atoms with Crippen LogP contribution >= 0.6 is 23.1 Å². The van der Waals surface area contributed by atoms with Gasteiger partial charge < -0.3 is 5.73 Å². The lowest BCUT2D eigenvalue weighted by molar-refractivity contribution is 1.01. The first-order chi connectivity index (χ1) is 7.24. The lowest BCUT2D eigenvalue weighted by Gasteiger charge is -1.98. The number of rotatable bonds is 3. The summed E-state index contributed by atoms with van der Waals surface area (Å²) in [4.78, 5) is 4.40. The highest BCUT2D eigenvalue weighted by atomic mass is 32.2. The number of nitrogens with zero attached hydrogens (tertiary/aromatic N) is 3. The number of nitrogens with two attached hydrogens (primary N) is 1. The van der Waals surface area contributed by atoms with Crippen molar-refractivity contribution in [2.75, 3.05) is 5.73 Å². The van der Waals surface area contributed by atoms with Crippen LogP contribution in [0.5, 0.6) is 0 Å². The predicted octanol–water partition coefficient (Wildman–Crippen LogP) is 2.12. The minimum absolute atomic E-state index is 0.509. The van der Waals surface area contributed by atoms with Gasteiger partial charge in [-0.25, -0.2) is 0 Å². The third-order valence-electron chi connectivity index (χ3n) is 1.71. The molecular formula is C9H10N4S2. The van der Waals surface area contributed by atoms with Crippen LogP contribution in [-0.2, 0) is 5.75 Å². The molecule has 0 bridgehead atoms. The van der Waals surface area contributed by atoms with Crippen molar-refractivity contribution in [1.29, 1.82) is 0 Å². The van der Waals surface area contributed by atoms with Gasteiger partial charge in [-0.1, -0.05) is 29.2 Å². The van der Waals surface area contributed by atoms with Gasteiger partial charge in [0.05, 0.1) is 5.69 Å². The molecule has 0 amide bonds. The Hall–Kier alpha value is -1.14. The van der Waals surface area contributed by atoms with E-state index in [2.05, 4.69) is 15.2 Å². The lowest BCUT2D eigenvalue weighted by atomic mass is 10.3. The summed E-state index contributed by atoms with van der Waals surface area (Å²) in [6.45, 7) is 1.98. The van der Waals surface area contributed by atoms with E-state index in [1.807, 2.05) is 25.1 Å². The number of aromatic nitrogens is 3. The Bertz CT molecular complexity index is 455. The van der Waals surface area contributed by atoms with Crippen LogP contribution in [0, 0.1) is 6.92 Å². The molecule has 2 N–H and O–H groups in total. The number of thioether (sulfide) groups is 1. The zero-order valence-corrected chi connectivity index (χ0v) is 9.81. The standard InChI is InChI=1S/C9H10N4S2/c1-6-3-2-4-7(11-6)5-14-9-13-12-8(10)15-9/h2-4H,5H2,1H3,(H2,10,12). The number of anilines is 1. The van der Waals surface area contributed by atoms with Gasteiger partial charge in [0.15, 0.2) is 4.34 Å². The van der Waals surface area contributed by atoms with Crippen molar-refractivity contribution >= 4 is 28.2 Å². The van der Waals surface area contributed by atoms with Crippen LogP contribution in [0.25, 0.3) is 0 Å². The Morgan fingerprint density at radius 1 is 1.40 bits per heavy atom. The van der Waals surface area contributed by atoms with Gasteiger partial charge in [-0.3, -0.25) is 4.98 Å². The Labute approximate surface area is 95.9 Å². The Kier molecular flexibility index (Phi) is 3.17. The van der Waals surface area contributed by atoms with Crippen LogP contribution in [-0.4, -0.2) is 15.2 Å². The molecule has 0 aliphatic heterocycles. The van der Waals surface area contributed by atoms with E-state index >= 15 is 0 Å². The third kappa shape index (κ3) is 2.90. The minimum Gasteiger partial charge on any atom is -0.374 e. The molecule has 78 valence electrons. The summed E-state index contributed by atoms with van der Waals surface area (Å²) in [5, 5.41) is 8.19.